The van der Waals surface area contributed by atoms with E-state index in [0.717, 1.165) is 19.3 Å². The summed E-state index contributed by atoms with van der Waals surface area (Å²) in [5, 5.41) is 3.00. The first-order chi connectivity index (χ1) is 15.4. The quantitative estimate of drug-likeness (QED) is 0.686. The third-order valence-corrected chi connectivity index (χ3v) is 7.37. The van der Waals surface area contributed by atoms with Crippen molar-refractivity contribution in [2.45, 2.75) is 19.3 Å². The number of nitrogens with one attached hydrogen (secondary N) is 1. The molecule has 7 nitrogen and oxygen atoms in total. The number of nitrogens with zero attached hydrogens (tertiary/aromatic N) is 1. The number of imide groups is 1. The highest BCUT2D eigenvalue weighted by Crippen LogP contribution is 2.56. The minimum absolute atomic E-state index is 0.155. The average Bonchev–Trinajstić information content (AvgIpc) is 3.48. The lowest BCUT2D eigenvalue weighted by Crippen LogP contribution is -2.33. The molecule has 2 aromatic rings. The van der Waals surface area contributed by atoms with Crippen LogP contribution in [0.2, 0.25) is 5.02 Å². The number of rotatable bonds is 5. The standard InChI is InChI=1S/C24H23ClN2O5/c1-31-15-6-8-18(19(11-15)32-2)26-22(28)16-10-14(5-7-17(16)25)27-23(29)20-12-3-4-13(9-12)21(20)24(27)30/h5-8,10-13,20-21H,3-4,9H2,1-2H3,(H,26,28)/t12-,13-,20-,21+/m0/s1. The largest absolute Gasteiger partial charge is 0.497 e. The molecular weight excluding hydrogens is 432 g/mol. The summed E-state index contributed by atoms with van der Waals surface area (Å²) in [6, 6.07) is 9.68. The number of benzene rings is 2. The molecule has 3 fully saturated rings. The van der Waals surface area contributed by atoms with Crippen molar-refractivity contribution in [2.24, 2.45) is 23.7 Å². The summed E-state index contributed by atoms with van der Waals surface area (Å²) in [5.74, 6) is 0.377. The Balaban J connectivity index is 1.43. The third-order valence-electron chi connectivity index (χ3n) is 7.04. The minimum atomic E-state index is -0.473. The van der Waals surface area contributed by atoms with E-state index in [0.29, 0.717) is 34.7 Å². The van der Waals surface area contributed by atoms with Crippen molar-refractivity contribution in [1.29, 1.82) is 0 Å². The fraction of sp³-hybridized carbons (Fsp3) is 0.375. The number of carbonyl (C=O) groups excluding carboxylic acids is 3. The lowest BCUT2D eigenvalue weighted by molar-refractivity contribution is -0.123. The van der Waals surface area contributed by atoms with E-state index in [-0.39, 0.29) is 34.2 Å². The molecule has 0 aromatic heterocycles. The Hall–Kier alpha value is -3.06. The molecule has 2 aliphatic carbocycles. The van der Waals surface area contributed by atoms with E-state index < -0.39 is 5.91 Å². The van der Waals surface area contributed by atoms with Crippen LogP contribution < -0.4 is 19.7 Å². The SMILES string of the molecule is COc1ccc(NC(=O)c2cc(N3C(=O)[C@@H]4[C@H]5CC[C@@H](C5)[C@@H]4C3=O)ccc2Cl)c(OC)c1. The highest BCUT2D eigenvalue weighted by Gasteiger charge is 2.61. The number of carbonyl (C=O) groups is 3. The van der Waals surface area contributed by atoms with Gasteiger partial charge in [-0.1, -0.05) is 11.6 Å². The molecule has 2 aromatic carbocycles. The van der Waals surface area contributed by atoms with Gasteiger partial charge in [-0.15, -0.1) is 0 Å². The molecule has 1 aliphatic heterocycles. The Kier molecular flexibility index (Phi) is 5.08. The molecule has 1 heterocycles. The van der Waals surface area contributed by atoms with Crippen molar-refractivity contribution in [2.75, 3.05) is 24.4 Å². The first-order valence-corrected chi connectivity index (χ1v) is 11.0. The number of halogens is 1. The monoisotopic (exact) mass is 454 g/mol. The van der Waals surface area contributed by atoms with Crippen LogP contribution >= 0.6 is 11.6 Å². The Morgan fingerprint density at radius 3 is 2.31 bits per heavy atom. The number of amides is 3. The Morgan fingerprint density at radius 1 is 1.00 bits per heavy atom. The van der Waals surface area contributed by atoms with Gasteiger partial charge in [0.05, 0.1) is 48.0 Å². The van der Waals surface area contributed by atoms with E-state index in [1.165, 1.54) is 18.1 Å². The van der Waals surface area contributed by atoms with Gasteiger partial charge in [-0.05, 0) is 61.4 Å². The molecule has 166 valence electrons. The third kappa shape index (κ3) is 3.14. The zero-order valence-electron chi connectivity index (χ0n) is 17.8. The van der Waals surface area contributed by atoms with Crippen molar-refractivity contribution in [1.82, 2.24) is 0 Å². The zero-order valence-corrected chi connectivity index (χ0v) is 18.5. The summed E-state index contributed by atoms with van der Waals surface area (Å²) in [7, 11) is 3.03. The van der Waals surface area contributed by atoms with Crippen LogP contribution in [0.25, 0.3) is 0 Å². The second-order valence-electron chi connectivity index (χ2n) is 8.58. The Morgan fingerprint density at radius 2 is 1.69 bits per heavy atom. The number of ether oxygens (including phenoxy) is 2. The summed E-state index contributed by atoms with van der Waals surface area (Å²) in [6.07, 6.45) is 2.99. The summed E-state index contributed by atoms with van der Waals surface area (Å²) in [6.45, 7) is 0. The molecule has 0 spiro atoms. The average molecular weight is 455 g/mol. The van der Waals surface area contributed by atoms with Crippen LogP contribution in [0.5, 0.6) is 11.5 Å². The molecule has 3 aliphatic rings. The fourth-order valence-electron chi connectivity index (χ4n) is 5.58. The van der Waals surface area contributed by atoms with E-state index in [4.69, 9.17) is 21.1 Å². The Bertz CT molecular complexity index is 1110. The molecule has 4 atom stereocenters. The predicted octanol–water partition coefficient (Wildman–Crippen LogP) is 4.15. The van der Waals surface area contributed by atoms with Gasteiger partial charge in [-0.25, -0.2) is 0 Å². The van der Waals surface area contributed by atoms with E-state index in [9.17, 15) is 14.4 Å². The van der Waals surface area contributed by atoms with Gasteiger partial charge in [0, 0.05) is 6.07 Å². The highest BCUT2D eigenvalue weighted by atomic mass is 35.5. The van der Waals surface area contributed by atoms with Crippen molar-refractivity contribution in [3.63, 3.8) is 0 Å². The normalized spacial score (nSPS) is 25.8. The van der Waals surface area contributed by atoms with Crippen LogP contribution in [0.4, 0.5) is 11.4 Å². The number of fused-ring (bicyclic) bond motifs is 5. The molecule has 2 bridgehead atoms. The first-order valence-electron chi connectivity index (χ1n) is 10.6. The summed E-state index contributed by atoms with van der Waals surface area (Å²) < 4.78 is 10.5. The number of anilines is 2. The zero-order chi connectivity index (χ0) is 22.6. The molecular formula is C24H23ClN2O5. The molecule has 5 rings (SSSR count). The van der Waals surface area contributed by atoms with Crippen LogP contribution in [0, 0.1) is 23.7 Å². The molecule has 1 saturated heterocycles. The van der Waals surface area contributed by atoms with E-state index in [1.807, 2.05) is 0 Å². The highest BCUT2D eigenvalue weighted by molar-refractivity contribution is 6.35. The topological polar surface area (TPSA) is 84.9 Å². The molecule has 8 heteroatoms. The van der Waals surface area contributed by atoms with Gasteiger partial charge in [0.2, 0.25) is 11.8 Å². The lowest BCUT2D eigenvalue weighted by Gasteiger charge is -2.19. The van der Waals surface area contributed by atoms with Crippen LogP contribution in [-0.2, 0) is 9.59 Å². The maximum absolute atomic E-state index is 13.1. The lowest BCUT2D eigenvalue weighted by atomic mass is 9.81. The number of methoxy groups -OCH3 is 2. The molecule has 0 unspecified atom stereocenters. The second-order valence-corrected chi connectivity index (χ2v) is 8.99. The van der Waals surface area contributed by atoms with Crippen LogP contribution in [0.15, 0.2) is 36.4 Å². The van der Waals surface area contributed by atoms with E-state index in [2.05, 4.69) is 5.32 Å². The number of hydrogen-bond donors (Lipinski definition) is 1. The summed E-state index contributed by atoms with van der Waals surface area (Å²) >= 11 is 6.31. The maximum atomic E-state index is 13.1. The van der Waals surface area contributed by atoms with Gasteiger partial charge < -0.3 is 14.8 Å². The van der Waals surface area contributed by atoms with Crippen molar-refractivity contribution < 1.29 is 23.9 Å². The van der Waals surface area contributed by atoms with Gasteiger partial charge in [0.25, 0.3) is 5.91 Å². The van der Waals surface area contributed by atoms with E-state index >= 15 is 0 Å². The molecule has 3 amide bonds. The van der Waals surface area contributed by atoms with Gasteiger partial charge in [0.1, 0.15) is 11.5 Å². The second kappa shape index (κ2) is 7.81. The van der Waals surface area contributed by atoms with E-state index in [1.54, 1.807) is 37.4 Å². The smallest absolute Gasteiger partial charge is 0.257 e. The Labute approximate surface area is 190 Å². The van der Waals surface area contributed by atoms with Crippen molar-refractivity contribution in [3.8, 4) is 11.5 Å². The van der Waals surface area contributed by atoms with Gasteiger partial charge in [-0.2, -0.15) is 0 Å². The fourth-order valence-corrected chi connectivity index (χ4v) is 5.78. The molecule has 2 saturated carbocycles. The van der Waals surface area contributed by atoms with Crippen LogP contribution in [0.1, 0.15) is 29.6 Å². The minimum Gasteiger partial charge on any atom is -0.497 e. The van der Waals surface area contributed by atoms with Crippen molar-refractivity contribution >= 4 is 40.7 Å². The molecule has 0 radical (unpaired) electrons. The van der Waals surface area contributed by atoms with Gasteiger partial charge >= 0.3 is 0 Å². The van der Waals surface area contributed by atoms with Gasteiger partial charge in [-0.3, -0.25) is 19.3 Å². The predicted molar refractivity (Wildman–Crippen MR) is 119 cm³/mol. The summed E-state index contributed by atoms with van der Waals surface area (Å²) in [4.78, 5) is 40.5. The summed E-state index contributed by atoms with van der Waals surface area (Å²) in [5.41, 5.74) is 0.993. The van der Waals surface area contributed by atoms with Crippen LogP contribution in [-0.4, -0.2) is 31.9 Å². The van der Waals surface area contributed by atoms with Crippen LogP contribution in [0.3, 0.4) is 0 Å². The molecule has 32 heavy (non-hydrogen) atoms. The first kappa shape index (κ1) is 20.8. The maximum Gasteiger partial charge on any atom is 0.257 e. The van der Waals surface area contributed by atoms with Gasteiger partial charge in [0.15, 0.2) is 0 Å². The number of hydrogen-bond acceptors (Lipinski definition) is 5. The van der Waals surface area contributed by atoms with Crippen molar-refractivity contribution in [3.05, 3.63) is 47.0 Å². The molecule has 1 N–H and O–H groups in total.